The van der Waals surface area contributed by atoms with Crippen molar-refractivity contribution >= 4 is 32.8 Å². The lowest BCUT2D eigenvalue weighted by molar-refractivity contribution is -0.110. The monoisotopic (exact) mass is 198 g/mol. The lowest BCUT2D eigenvalue weighted by atomic mass is 9.96. The Bertz CT molecular complexity index is 62.6. The summed E-state index contributed by atoms with van der Waals surface area (Å²) in [5.41, 5.74) is -0.199. The molecule has 0 rings (SSSR count). The van der Waals surface area contributed by atoms with Crippen LogP contribution in [0, 0.1) is 0 Å². The molecule has 1 N–H and O–H groups in total. The minimum absolute atomic E-state index is 0.199. The third kappa shape index (κ3) is 2.65. The zero-order chi connectivity index (χ0) is 5.15. The number of rotatable bonds is 1. The van der Waals surface area contributed by atoms with Gasteiger partial charge in [0.05, 0.1) is 0 Å². The standard InChI is InChI=1S/C2H4BIO2/c1-2(5)3(4)6/h6H,1H3. The quantitative estimate of drug-likeness (QED) is 0.476. The van der Waals surface area contributed by atoms with Gasteiger partial charge in [0.15, 0.2) is 0 Å². The van der Waals surface area contributed by atoms with Crippen molar-refractivity contribution in [3.8, 4) is 0 Å². The van der Waals surface area contributed by atoms with Gasteiger partial charge in [0.2, 0.25) is 0 Å². The zero-order valence-corrected chi connectivity index (χ0v) is 5.47. The fraction of sp³-hybridized carbons (Fsp3) is 0.500. The molecule has 0 aromatic carbocycles. The van der Waals surface area contributed by atoms with Crippen molar-refractivity contribution in [3.05, 3.63) is 0 Å². The SMILES string of the molecule is CC(=O)B(O)I. The first-order valence-electron chi connectivity index (χ1n) is 1.47. The minimum Gasteiger partial charge on any atom is -0.436 e. The first-order chi connectivity index (χ1) is 2.64. The van der Waals surface area contributed by atoms with E-state index in [2.05, 4.69) is 0 Å². The van der Waals surface area contributed by atoms with Crippen LogP contribution in [0.1, 0.15) is 6.92 Å². The maximum atomic E-state index is 9.89. The second kappa shape index (κ2) is 2.57. The zero-order valence-electron chi connectivity index (χ0n) is 3.31. The highest BCUT2D eigenvalue weighted by Gasteiger charge is 2.09. The Hall–Kier alpha value is 0.425. The summed E-state index contributed by atoms with van der Waals surface area (Å²) in [5, 5.41) is 8.27. The van der Waals surface area contributed by atoms with E-state index in [4.69, 9.17) is 5.02 Å². The van der Waals surface area contributed by atoms with E-state index in [0.717, 1.165) is 0 Å². The number of halogens is 1. The van der Waals surface area contributed by atoms with E-state index in [-0.39, 0.29) is 5.68 Å². The predicted molar refractivity (Wildman–Crippen MR) is 32.7 cm³/mol. The molecule has 0 aromatic heterocycles. The molecule has 0 amide bonds. The molecule has 0 atom stereocenters. The lowest BCUT2D eigenvalue weighted by Gasteiger charge is -1.81. The van der Waals surface area contributed by atoms with Crippen molar-refractivity contribution in [2.45, 2.75) is 6.92 Å². The fourth-order valence-electron chi connectivity index (χ4n) is 0. The van der Waals surface area contributed by atoms with E-state index >= 15 is 0 Å². The van der Waals surface area contributed by atoms with Crippen molar-refractivity contribution in [2.24, 2.45) is 0 Å². The van der Waals surface area contributed by atoms with E-state index in [1.54, 1.807) is 22.4 Å². The molecule has 0 aliphatic rings. The van der Waals surface area contributed by atoms with Crippen LogP contribution >= 0.6 is 22.4 Å². The molecule has 0 fully saturated rings. The van der Waals surface area contributed by atoms with Crippen LogP contribution in [-0.2, 0) is 4.79 Å². The molecule has 0 bridgehead atoms. The lowest BCUT2D eigenvalue weighted by Crippen LogP contribution is -2.12. The molecule has 0 saturated carbocycles. The maximum absolute atomic E-state index is 9.89. The van der Waals surface area contributed by atoms with Crippen molar-refractivity contribution < 1.29 is 9.82 Å². The van der Waals surface area contributed by atoms with Gasteiger partial charge in [0.1, 0.15) is 5.68 Å². The average molecular weight is 198 g/mol. The Balaban J connectivity index is 3.26. The summed E-state index contributed by atoms with van der Waals surface area (Å²) >= 11 is 1.64. The molecule has 4 heteroatoms. The van der Waals surface area contributed by atoms with Crippen molar-refractivity contribution in [3.63, 3.8) is 0 Å². The van der Waals surface area contributed by atoms with Crippen LogP contribution in [0.15, 0.2) is 0 Å². The van der Waals surface area contributed by atoms with Crippen LogP contribution in [0.4, 0.5) is 0 Å². The van der Waals surface area contributed by atoms with Gasteiger partial charge < -0.3 is 9.82 Å². The summed E-state index contributed by atoms with van der Waals surface area (Å²) < 4.78 is -0.817. The fourth-order valence-corrected chi connectivity index (χ4v) is 0. The van der Waals surface area contributed by atoms with Crippen molar-refractivity contribution in [2.75, 3.05) is 0 Å². The molecule has 34 valence electrons. The highest BCUT2D eigenvalue weighted by molar-refractivity contribution is 14.1. The first kappa shape index (κ1) is 6.42. The summed E-state index contributed by atoms with van der Waals surface area (Å²) in [6.45, 7) is 1.34. The average Bonchev–Trinajstić information content (AvgIpc) is 1.36. The van der Waals surface area contributed by atoms with Gasteiger partial charge in [-0.3, -0.25) is 0 Å². The van der Waals surface area contributed by atoms with Crippen molar-refractivity contribution in [1.82, 2.24) is 0 Å². The predicted octanol–water partition coefficient (Wildman–Crippen LogP) is 0.0301. The number of hydrogen-bond donors (Lipinski definition) is 1. The third-order valence-electron chi connectivity index (χ3n) is 0.335. The van der Waals surface area contributed by atoms with Gasteiger partial charge in [-0.1, -0.05) is 22.4 Å². The minimum atomic E-state index is -0.817. The molecule has 6 heavy (non-hydrogen) atoms. The van der Waals surface area contributed by atoms with Gasteiger partial charge in [-0.05, 0) is 6.92 Å². The van der Waals surface area contributed by atoms with Crippen LogP contribution in [0.5, 0.6) is 0 Å². The number of carbonyl (C=O) groups excluding carboxylic acids is 1. The molecule has 0 heterocycles. The molecular formula is C2H4BIO2. The van der Waals surface area contributed by atoms with Gasteiger partial charge in [0.25, 0.3) is 0 Å². The molecule has 0 aliphatic carbocycles. The van der Waals surface area contributed by atoms with Crippen LogP contribution in [0.3, 0.4) is 0 Å². The third-order valence-corrected chi connectivity index (χ3v) is 1.21. The Morgan fingerprint density at radius 2 is 2.17 bits per heavy atom. The van der Waals surface area contributed by atoms with Gasteiger partial charge in [-0.25, -0.2) is 0 Å². The second-order valence-corrected chi connectivity index (χ2v) is 2.13. The summed E-state index contributed by atoms with van der Waals surface area (Å²) in [6.07, 6.45) is 0. The highest BCUT2D eigenvalue weighted by atomic mass is 127. The Morgan fingerprint density at radius 3 is 2.17 bits per heavy atom. The highest BCUT2D eigenvalue weighted by Crippen LogP contribution is 1.87. The molecule has 0 saturated heterocycles. The van der Waals surface area contributed by atoms with Gasteiger partial charge in [0, 0.05) is 0 Å². The topological polar surface area (TPSA) is 37.3 Å². The smallest absolute Gasteiger partial charge is 0.436 e. The van der Waals surface area contributed by atoms with E-state index in [1.165, 1.54) is 6.92 Å². The molecular weight excluding hydrogens is 194 g/mol. The van der Waals surface area contributed by atoms with E-state index in [0.29, 0.717) is 0 Å². The number of carbonyl (C=O) groups is 1. The Labute approximate surface area is 49.9 Å². The molecule has 0 aromatic rings. The van der Waals surface area contributed by atoms with Gasteiger partial charge >= 0.3 is 4.77 Å². The summed E-state index contributed by atoms with van der Waals surface area (Å²) in [7, 11) is 0. The maximum Gasteiger partial charge on any atom is 0.436 e. The molecule has 0 spiro atoms. The first-order valence-corrected chi connectivity index (χ1v) is 2.71. The van der Waals surface area contributed by atoms with Crippen LogP contribution in [-0.4, -0.2) is 15.5 Å². The van der Waals surface area contributed by atoms with Gasteiger partial charge in [-0.15, -0.1) is 0 Å². The summed E-state index contributed by atoms with van der Waals surface area (Å²) in [4.78, 5) is 9.89. The Morgan fingerprint density at radius 1 is 2.00 bits per heavy atom. The van der Waals surface area contributed by atoms with Crippen LogP contribution in [0.25, 0.3) is 0 Å². The molecule has 0 unspecified atom stereocenters. The normalized spacial score (nSPS) is 7.83. The summed E-state index contributed by atoms with van der Waals surface area (Å²) in [6, 6.07) is 0. The van der Waals surface area contributed by atoms with E-state index in [9.17, 15) is 4.79 Å². The second-order valence-electron chi connectivity index (χ2n) is 0.946. The molecule has 2 nitrogen and oxygen atoms in total. The van der Waals surface area contributed by atoms with Gasteiger partial charge in [-0.2, -0.15) is 0 Å². The van der Waals surface area contributed by atoms with Crippen LogP contribution < -0.4 is 0 Å². The van der Waals surface area contributed by atoms with Crippen LogP contribution in [0.2, 0.25) is 0 Å². The largest absolute Gasteiger partial charge is 0.436 e. The molecule has 0 radical (unpaired) electrons. The summed E-state index contributed by atoms with van der Waals surface area (Å²) in [5.74, 6) is 0. The van der Waals surface area contributed by atoms with Crippen molar-refractivity contribution in [1.29, 1.82) is 0 Å². The van der Waals surface area contributed by atoms with E-state index < -0.39 is 4.77 Å². The number of hydrogen-bond acceptors (Lipinski definition) is 2. The Kier molecular flexibility index (Phi) is 2.76. The molecule has 0 aliphatic heterocycles. The van der Waals surface area contributed by atoms with E-state index in [1.807, 2.05) is 0 Å².